The highest BCUT2D eigenvalue weighted by atomic mass is 32.1. The van der Waals surface area contributed by atoms with Crippen molar-refractivity contribution >= 4 is 43.4 Å². The molecule has 0 atom stereocenters. The van der Waals surface area contributed by atoms with Crippen molar-refractivity contribution in [2.75, 3.05) is 0 Å². The number of hydrogen-bond donors (Lipinski definition) is 0. The minimum atomic E-state index is 0.651. The van der Waals surface area contributed by atoms with E-state index in [0.717, 1.165) is 38.1 Å². The Morgan fingerprint density at radius 1 is 0.643 bits per heavy atom. The monoisotopic (exact) mass is 378 g/mol. The summed E-state index contributed by atoms with van der Waals surface area (Å²) < 4.78 is 7.12. The van der Waals surface area contributed by atoms with Gasteiger partial charge in [-0.3, -0.25) is 0 Å². The van der Waals surface area contributed by atoms with Crippen LogP contribution in [0, 0.1) is 0 Å². The maximum Gasteiger partial charge on any atom is 0.227 e. The van der Waals surface area contributed by atoms with Gasteiger partial charge in [-0.1, -0.05) is 42.5 Å². The number of benzene rings is 4. The minimum Gasteiger partial charge on any atom is -0.436 e. The fraction of sp³-hybridized carbons (Fsp3) is 0. The largest absolute Gasteiger partial charge is 0.436 e. The van der Waals surface area contributed by atoms with Crippen LogP contribution in [0.3, 0.4) is 0 Å². The van der Waals surface area contributed by atoms with E-state index in [9.17, 15) is 0 Å². The number of nitrogens with zero attached hydrogens (tertiary/aromatic N) is 2. The van der Waals surface area contributed by atoms with Gasteiger partial charge in [-0.15, -0.1) is 11.3 Å². The summed E-state index contributed by atoms with van der Waals surface area (Å²) in [6, 6.07) is 28.9. The smallest absolute Gasteiger partial charge is 0.227 e. The van der Waals surface area contributed by atoms with Crippen LogP contribution in [-0.4, -0.2) is 9.97 Å². The van der Waals surface area contributed by atoms with Crippen LogP contribution < -0.4 is 0 Å². The Bertz CT molecular complexity index is 1300. The van der Waals surface area contributed by atoms with Gasteiger partial charge in [0.1, 0.15) is 10.5 Å². The summed E-state index contributed by atoms with van der Waals surface area (Å²) in [6.45, 7) is 0. The molecule has 0 amide bonds. The molecule has 0 aliphatic heterocycles. The molecule has 0 radical (unpaired) electrons. The highest BCUT2D eigenvalue weighted by Crippen LogP contribution is 2.33. The highest BCUT2D eigenvalue weighted by molar-refractivity contribution is 7.21. The molecule has 0 saturated carbocycles. The van der Waals surface area contributed by atoms with E-state index in [2.05, 4.69) is 59.6 Å². The van der Waals surface area contributed by atoms with Gasteiger partial charge in [-0.2, -0.15) is 0 Å². The van der Waals surface area contributed by atoms with Crippen molar-refractivity contribution in [2.24, 2.45) is 0 Å². The van der Waals surface area contributed by atoms with Crippen LogP contribution in [0.25, 0.3) is 54.1 Å². The number of hydrogen-bond acceptors (Lipinski definition) is 4. The second-order valence-corrected chi connectivity index (χ2v) is 7.78. The number of para-hydroxylation sites is 3. The Hall–Kier alpha value is -3.50. The molecular weight excluding hydrogens is 364 g/mol. The summed E-state index contributed by atoms with van der Waals surface area (Å²) in [5, 5.41) is 3.38. The topological polar surface area (TPSA) is 38.9 Å². The summed E-state index contributed by atoms with van der Waals surface area (Å²) in [4.78, 5) is 9.38. The van der Waals surface area contributed by atoms with Gasteiger partial charge in [0.2, 0.25) is 5.89 Å². The first-order valence-corrected chi connectivity index (χ1v) is 9.91. The molecule has 0 N–H and O–H groups in total. The van der Waals surface area contributed by atoms with Gasteiger partial charge in [0, 0.05) is 11.1 Å². The number of thiazole rings is 1. The third-order valence-electron chi connectivity index (χ3n) is 4.92. The zero-order chi connectivity index (χ0) is 18.5. The average molecular weight is 378 g/mol. The molecule has 3 nitrogen and oxygen atoms in total. The molecule has 4 aromatic carbocycles. The van der Waals surface area contributed by atoms with Crippen LogP contribution in [-0.2, 0) is 0 Å². The summed E-state index contributed by atoms with van der Waals surface area (Å²) in [5.41, 5.74) is 4.86. The lowest BCUT2D eigenvalue weighted by Gasteiger charge is -2.03. The molecule has 0 unspecified atom stereocenters. The number of oxazole rings is 1. The van der Waals surface area contributed by atoms with Gasteiger partial charge >= 0.3 is 0 Å². The van der Waals surface area contributed by atoms with Crippen LogP contribution in [0.5, 0.6) is 0 Å². The Kier molecular flexibility index (Phi) is 3.34. The summed E-state index contributed by atoms with van der Waals surface area (Å²) in [6.07, 6.45) is 0. The first-order valence-electron chi connectivity index (χ1n) is 9.09. The lowest BCUT2D eigenvalue weighted by Crippen LogP contribution is -1.81. The van der Waals surface area contributed by atoms with Crippen molar-refractivity contribution in [3.05, 3.63) is 84.9 Å². The third kappa shape index (κ3) is 2.50. The second kappa shape index (κ2) is 6.01. The Labute approximate surface area is 164 Å². The van der Waals surface area contributed by atoms with Crippen molar-refractivity contribution in [3.63, 3.8) is 0 Å². The third-order valence-corrected chi connectivity index (χ3v) is 6.01. The van der Waals surface area contributed by atoms with Crippen LogP contribution in [0.4, 0.5) is 0 Å². The molecular formula is C24H14N2OS. The van der Waals surface area contributed by atoms with Crippen LogP contribution in [0.15, 0.2) is 89.3 Å². The van der Waals surface area contributed by atoms with Crippen molar-refractivity contribution in [1.29, 1.82) is 0 Å². The molecule has 2 heterocycles. The van der Waals surface area contributed by atoms with E-state index in [0.29, 0.717) is 5.89 Å². The van der Waals surface area contributed by atoms with E-state index in [1.807, 2.05) is 30.3 Å². The molecule has 132 valence electrons. The van der Waals surface area contributed by atoms with E-state index in [-0.39, 0.29) is 0 Å². The van der Waals surface area contributed by atoms with Crippen molar-refractivity contribution in [3.8, 4) is 22.0 Å². The van der Waals surface area contributed by atoms with Crippen LogP contribution >= 0.6 is 11.3 Å². The normalized spacial score (nSPS) is 11.6. The molecule has 0 fully saturated rings. The number of rotatable bonds is 2. The van der Waals surface area contributed by atoms with Gasteiger partial charge in [0.05, 0.1) is 10.2 Å². The van der Waals surface area contributed by atoms with Gasteiger partial charge in [-0.05, 0) is 53.2 Å². The molecule has 0 bridgehead atoms. The van der Waals surface area contributed by atoms with Gasteiger partial charge in [-0.25, -0.2) is 9.97 Å². The Morgan fingerprint density at radius 3 is 2.18 bits per heavy atom. The lowest BCUT2D eigenvalue weighted by atomic mass is 10.0. The fourth-order valence-corrected chi connectivity index (χ4v) is 4.47. The molecule has 0 spiro atoms. The maximum atomic E-state index is 5.91. The predicted octanol–water partition coefficient (Wildman–Crippen LogP) is 6.92. The predicted molar refractivity (Wildman–Crippen MR) is 116 cm³/mol. The van der Waals surface area contributed by atoms with Gasteiger partial charge in [0.25, 0.3) is 0 Å². The molecule has 2 aromatic heterocycles. The summed E-state index contributed by atoms with van der Waals surface area (Å²) in [5.74, 6) is 0.651. The zero-order valence-corrected chi connectivity index (χ0v) is 15.6. The fourth-order valence-electron chi connectivity index (χ4n) is 3.50. The molecule has 0 saturated heterocycles. The number of aromatic nitrogens is 2. The van der Waals surface area contributed by atoms with E-state index < -0.39 is 0 Å². The molecule has 4 heteroatoms. The van der Waals surface area contributed by atoms with Crippen molar-refractivity contribution < 1.29 is 4.42 Å². The lowest BCUT2D eigenvalue weighted by molar-refractivity contribution is 0.620. The van der Waals surface area contributed by atoms with Crippen LogP contribution in [0.1, 0.15) is 0 Å². The minimum absolute atomic E-state index is 0.651. The summed E-state index contributed by atoms with van der Waals surface area (Å²) >= 11 is 1.73. The van der Waals surface area contributed by atoms with E-state index in [1.54, 1.807) is 11.3 Å². The van der Waals surface area contributed by atoms with Crippen molar-refractivity contribution in [2.45, 2.75) is 0 Å². The first kappa shape index (κ1) is 15.5. The standard InChI is InChI=1S/C24H14N2OS/c1-3-7-21-19(5-1)25-23(27-21)17-11-9-16-14-18(12-10-15(16)13-17)24-26-20-6-2-4-8-22(20)28-24/h1-14H. The maximum absolute atomic E-state index is 5.91. The summed E-state index contributed by atoms with van der Waals surface area (Å²) in [7, 11) is 0. The molecule has 6 aromatic rings. The van der Waals surface area contributed by atoms with E-state index in [1.165, 1.54) is 10.1 Å². The van der Waals surface area contributed by atoms with E-state index in [4.69, 9.17) is 9.40 Å². The highest BCUT2D eigenvalue weighted by Gasteiger charge is 2.10. The quantitative estimate of drug-likeness (QED) is 0.328. The van der Waals surface area contributed by atoms with Gasteiger partial charge in [0.15, 0.2) is 5.58 Å². The molecule has 28 heavy (non-hydrogen) atoms. The van der Waals surface area contributed by atoms with E-state index >= 15 is 0 Å². The molecule has 6 rings (SSSR count). The number of fused-ring (bicyclic) bond motifs is 3. The molecule has 0 aliphatic carbocycles. The first-order chi connectivity index (χ1) is 13.8. The van der Waals surface area contributed by atoms with Gasteiger partial charge < -0.3 is 4.42 Å². The second-order valence-electron chi connectivity index (χ2n) is 6.75. The van der Waals surface area contributed by atoms with Crippen LogP contribution in [0.2, 0.25) is 0 Å². The average Bonchev–Trinajstić information content (AvgIpc) is 3.37. The van der Waals surface area contributed by atoms with Crippen molar-refractivity contribution in [1.82, 2.24) is 9.97 Å². The Balaban J connectivity index is 1.43. The Morgan fingerprint density at radius 2 is 1.36 bits per heavy atom. The molecule has 0 aliphatic rings. The SMILES string of the molecule is c1ccc2oc(-c3ccc4cc(-c5nc6ccccc6s5)ccc4c3)nc2c1. The zero-order valence-electron chi connectivity index (χ0n) is 14.8.